The smallest absolute Gasteiger partial charge is 0.339 e. The summed E-state index contributed by atoms with van der Waals surface area (Å²) < 4.78 is 4.76. The number of benzene rings is 1. The summed E-state index contributed by atoms with van der Waals surface area (Å²) in [5, 5.41) is 27.7. The summed E-state index contributed by atoms with van der Waals surface area (Å²) in [6, 6.07) is 5.13. The van der Waals surface area contributed by atoms with Crippen molar-refractivity contribution in [2.45, 2.75) is 0 Å². The second-order valence-electron chi connectivity index (χ2n) is 2.66. The fraction of sp³-hybridized carbons (Fsp3) is 0.111. The third-order valence-corrected chi connectivity index (χ3v) is 1.70. The molecule has 0 bridgehead atoms. The summed E-state index contributed by atoms with van der Waals surface area (Å²) in [6.07, 6.45) is 0. The molecule has 1 rings (SSSR count). The molecule has 0 radical (unpaired) electrons. The van der Waals surface area contributed by atoms with Crippen molar-refractivity contribution in [3.63, 3.8) is 0 Å². The molecule has 0 aliphatic carbocycles. The number of nitrogens with zero attached hydrogens (tertiary/aromatic N) is 2. The summed E-state index contributed by atoms with van der Waals surface area (Å²) in [5.74, 6) is -1.75. The first-order valence-electron chi connectivity index (χ1n) is 4.08. The van der Waals surface area contributed by atoms with Gasteiger partial charge in [-0.1, -0.05) is 6.07 Å². The molecule has 0 aromatic heterocycles. The zero-order valence-electron chi connectivity index (χ0n) is 7.91. The van der Waals surface area contributed by atoms with Gasteiger partial charge in [-0.25, -0.2) is 4.79 Å². The molecule has 0 fully saturated rings. The molecule has 82 valence electrons. The Morgan fingerprint density at radius 2 is 2.31 bits per heavy atom. The maximum atomic E-state index is 10.8. The van der Waals surface area contributed by atoms with Gasteiger partial charge in [-0.15, -0.1) is 0 Å². The average molecular weight is 222 g/mol. The molecular weight excluding hydrogens is 216 g/mol. The number of hydrogen-bond acceptors (Lipinski definition) is 5. The van der Waals surface area contributed by atoms with Crippen LogP contribution in [-0.2, 0) is 0 Å². The molecule has 7 nitrogen and oxygen atoms in total. The van der Waals surface area contributed by atoms with Crippen LogP contribution in [0.25, 0.3) is 0 Å². The van der Waals surface area contributed by atoms with Gasteiger partial charge in [0.05, 0.1) is 4.92 Å². The highest BCUT2D eigenvalue weighted by atomic mass is 16.6. The Morgan fingerprint density at radius 3 is 2.81 bits per heavy atom. The molecule has 0 amide bonds. The van der Waals surface area contributed by atoms with Gasteiger partial charge in [0, 0.05) is 6.07 Å². The number of ether oxygens (including phenoxy) is 1. The van der Waals surface area contributed by atoms with E-state index in [1.54, 1.807) is 6.07 Å². The average Bonchev–Trinajstić information content (AvgIpc) is 2.25. The van der Waals surface area contributed by atoms with E-state index in [1.165, 1.54) is 12.1 Å². The van der Waals surface area contributed by atoms with E-state index < -0.39 is 28.9 Å². The third kappa shape index (κ3) is 2.24. The van der Waals surface area contributed by atoms with Crippen LogP contribution in [0.3, 0.4) is 0 Å². The van der Waals surface area contributed by atoms with E-state index in [2.05, 4.69) is 0 Å². The fourth-order valence-electron chi connectivity index (χ4n) is 1.09. The number of para-hydroxylation sites is 1. The lowest BCUT2D eigenvalue weighted by molar-refractivity contribution is -0.385. The lowest BCUT2D eigenvalue weighted by Crippen LogP contribution is -2.06. The first-order valence-corrected chi connectivity index (χ1v) is 4.08. The van der Waals surface area contributed by atoms with Crippen LogP contribution >= 0.6 is 0 Å². The lowest BCUT2D eigenvalue weighted by atomic mass is 10.2. The highest BCUT2D eigenvalue weighted by Gasteiger charge is 2.22. The van der Waals surface area contributed by atoms with Crippen LogP contribution in [0.5, 0.6) is 5.75 Å². The minimum absolute atomic E-state index is 0.343. The molecule has 1 aromatic carbocycles. The molecule has 16 heavy (non-hydrogen) atoms. The van der Waals surface area contributed by atoms with Gasteiger partial charge in [-0.05, 0) is 6.07 Å². The number of aromatic carboxylic acids is 1. The fourth-order valence-corrected chi connectivity index (χ4v) is 1.09. The van der Waals surface area contributed by atoms with Crippen molar-refractivity contribution in [3.05, 3.63) is 33.9 Å². The minimum Gasteiger partial charge on any atom is -0.478 e. The summed E-state index contributed by atoms with van der Waals surface area (Å²) in [5.41, 5.74) is -0.820. The van der Waals surface area contributed by atoms with Gasteiger partial charge in [-0.2, -0.15) is 5.26 Å². The van der Waals surface area contributed by atoms with Crippen LogP contribution in [0.4, 0.5) is 5.69 Å². The van der Waals surface area contributed by atoms with E-state index in [0.717, 1.165) is 6.07 Å². The Kier molecular flexibility index (Phi) is 3.40. The van der Waals surface area contributed by atoms with E-state index in [1.807, 2.05) is 0 Å². The van der Waals surface area contributed by atoms with E-state index in [4.69, 9.17) is 15.1 Å². The van der Waals surface area contributed by atoms with E-state index in [-0.39, 0.29) is 5.56 Å². The SMILES string of the molecule is N#CCOc1c(C(=O)O)cccc1[N+](=O)[O-]. The molecule has 0 aliphatic rings. The largest absolute Gasteiger partial charge is 0.478 e. The lowest BCUT2D eigenvalue weighted by Gasteiger charge is -2.05. The zero-order chi connectivity index (χ0) is 12.1. The zero-order valence-corrected chi connectivity index (χ0v) is 7.91. The number of nitriles is 1. The van der Waals surface area contributed by atoms with Gasteiger partial charge in [0.1, 0.15) is 11.6 Å². The van der Waals surface area contributed by atoms with Gasteiger partial charge in [0.25, 0.3) is 0 Å². The Hall–Kier alpha value is -2.62. The number of carbonyl (C=O) groups is 1. The molecule has 1 aromatic rings. The van der Waals surface area contributed by atoms with Crippen LogP contribution in [-0.4, -0.2) is 22.6 Å². The maximum absolute atomic E-state index is 10.8. The van der Waals surface area contributed by atoms with Crippen LogP contribution in [0.1, 0.15) is 10.4 Å². The first-order chi connectivity index (χ1) is 7.57. The molecule has 0 spiro atoms. The van der Waals surface area contributed by atoms with Crippen LogP contribution in [0.2, 0.25) is 0 Å². The number of nitro benzene ring substituents is 1. The highest BCUT2D eigenvalue weighted by Crippen LogP contribution is 2.30. The molecule has 0 saturated heterocycles. The van der Waals surface area contributed by atoms with Gasteiger partial charge in [0.2, 0.25) is 5.75 Å². The number of nitro groups is 1. The maximum Gasteiger partial charge on any atom is 0.339 e. The summed E-state index contributed by atoms with van der Waals surface area (Å²) in [4.78, 5) is 20.6. The first kappa shape index (κ1) is 11.5. The minimum atomic E-state index is -1.35. The highest BCUT2D eigenvalue weighted by molar-refractivity contribution is 5.92. The van der Waals surface area contributed by atoms with Gasteiger partial charge >= 0.3 is 11.7 Å². The third-order valence-electron chi connectivity index (χ3n) is 1.70. The topological polar surface area (TPSA) is 113 Å². The van der Waals surface area contributed by atoms with Crippen LogP contribution in [0, 0.1) is 21.4 Å². The Morgan fingerprint density at radius 1 is 1.62 bits per heavy atom. The van der Waals surface area contributed by atoms with Crippen molar-refractivity contribution in [2.75, 3.05) is 6.61 Å². The monoisotopic (exact) mass is 222 g/mol. The summed E-state index contributed by atoms with van der Waals surface area (Å²) >= 11 is 0. The van der Waals surface area contributed by atoms with Crippen molar-refractivity contribution in [1.29, 1.82) is 5.26 Å². The van der Waals surface area contributed by atoms with Crippen molar-refractivity contribution in [2.24, 2.45) is 0 Å². The van der Waals surface area contributed by atoms with Crippen molar-refractivity contribution in [3.8, 4) is 11.8 Å². The van der Waals surface area contributed by atoms with Gasteiger partial charge in [-0.3, -0.25) is 10.1 Å². The van der Waals surface area contributed by atoms with Crippen molar-refractivity contribution >= 4 is 11.7 Å². The van der Waals surface area contributed by atoms with E-state index in [0.29, 0.717) is 0 Å². The predicted octanol–water partition coefficient (Wildman–Crippen LogP) is 1.20. The Bertz CT molecular complexity index is 445. The van der Waals surface area contributed by atoms with Crippen molar-refractivity contribution < 1.29 is 19.6 Å². The predicted molar refractivity (Wildman–Crippen MR) is 51.2 cm³/mol. The number of rotatable bonds is 4. The molecule has 7 heteroatoms. The number of carboxylic acid groups (broad SMARTS) is 1. The molecule has 1 N–H and O–H groups in total. The van der Waals surface area contributed by atoms with E-state index in [9.17, 15) is 14.9 Å². The molecule has 0 heterocycles. The van der Waals surface area contributed by atoms with Gasteiger partial charge < -0.3 is 9.84 Å². The normalized spacial score (nSPS) is 9.19. The molecule has 0 atom stereocenters. The summed E-state index contributed by atoms with van der Waals surface area (Å²) in [6.45, 7) is -0.453. The number of hydrogen-bond donors (Lipinski definition) is 1. The van der Waals surface area contributed by atoms with E-state index >= 15 is 0 Å². The molecular formula is C9H6N2O5. The standard InChI is InChI=1S/C9H6N2O5/c10-4-5-16-8-6(9(12)13)2-1-3-7(8)11(14)15/h1-3H,5H2,(H,12,13). The van der Waals surface area contributed by atoms with Crippen LogP contribution in [0.15, 0.2) is 18.2 Å². The molecule has 0 saturated carbocycles. The number of carboxylic acids is 1. The second-order valence-corrected chi connectivity index (χ2v) is 2.66. The second kappa shape index (κ2) is 4.75. The molecule has 0 aliphatic heterocycles. The Labute approximate surface area is 89.6 Å². The summed E-state index contributed by atoms with van der Waals surface area (Å²) in [7, 11) is 0. The van der Waals surface area contributed by atoms with Crippen LogP contribution < -0.4 is 4.74 Å². The molecule has 0 unspecified atom stereocenters. The Balaban J connectivity index is 3.30. The van der Waals surface area contributed by atoms with Crippen molar-refractivity contribution in [1.82, 2.24) is 0 Å². The van der Waals surface area contributed by atoms with Gasteiger partial charge in [0.15, 0.2) is 6.61 Å². The quantitative estimate of drug-likeness (QED) is 0.604.